The second kappa shape index (κ2) is 8.51. The van der Waals surface area contributed by atoms with Crippen LogP contribution >= 0.6 is 0 Å². The molecule has 2 heterocycles. The Morgan fingerprint density at radius 2 is 2.38 bits per heavy atom. The number of benzene rings is 1. The maximum Gasteiger partial charge on any atom is 0.119 e. The van der Waals surface area contributed by atoms with Crippen LogP contribution in [0.2, 0.25) is 0 Å². The topological polar surface area (TPSA) is 62.9 Å². The predicted molar refractivity (Wildman–Crippen MR) is 92.7 cm³/mol. The lowest BCUT2D eigenvalue weighted by Crippen LogP contribution is -2.26. The third-order valence-electron chi connectivity index (χ3n) is 4.38. The Bertz CT molecular complexity index is 689. The fourth-order valence-electron chi connectivity index (χ4n) is 3.18. The van der Waals surface area contributed by atoms with Crippen molar-refractivity contribution in [1.82, 2.24) is 14.9 Å². The van der Waals surface area contributed by atoms with Crippen molar-refractivity contribution < 1.29 is 4.74 Å². The van der Waals surface area contributed by atoms with Crippen molar-refractivity contribution in [3.05, 3.63) is 48.0 Å². The summed E-state index contributed by atoms with van der Waals surface area (Å²) in [5.41, 5.74) is 1.21. The van der Waals surface area contributed by atoms with Crippen LogP contribution in [0.5, 0.6) is 5.75 Å². The molecule has 126 valence electrons. The van der Waals surface area contributed by atoms with E-state index >= 15 is 0 Å². The summed E-state index contributed by atoms with van der Waals surface area (Å²) in [6, 6.07) is 10.3. The van der Waals surface area contributed by atoms with Crippen molar-refractivity contribution >= 4 is 0 Å². The number of ether oxygens (including phenoxy) is 1. The molecule has 3 rings (SSSR count). The van der Waals surface area contributed by atoms with Gasteiger partial charge in [0.2, 0.25) is 0 Å². The number of fused-ring (bicyclic) bond motifs is 1. The van der Waals surface area contributed by atoms with Gasteiger partial charge in [0.15, 0.2) is 0 Å². The van der Waals surface area contributed by atoms with Gasteiger partial charge < -0.3 is 14.6 Å². The van der Waals surface area contributed by atoms with E-state index in [1.54, 1.807) is 0 Å². The van der Waals surface area contributed by atoms with Crippen LogP contribution in [0.4, 0.5) is 0 Å². The molecule has 5 nitrogen and oxygen atoms in total. The van der Waals surface area contributed by atoms with Gasteiger partial charge in [-0.25, -0.2) is 4.98 Å². The molecule has 1 aromatic heterocycles. The molecule has 0 saturated carbocycles. The molecule has 24 heavy (non-hydrogen) atoms. The Labute approximate surface area is 143 Å². The lowest BCUT2D eigenvalue weighted by Gasteiger charge is -2.23. The minimum absolute atomic E-state index is 0.499. The van der Waals surface area contributed by atoms with Crippen LogP contribution in [0.3, 0.4) is 0 Å². The van der Waals surface area contributed by atoms with Gasteiger partial charge in [-0.1, -0.05) is 12.1 Å². The van der Waals surface area contributed by atoms with Crippen LogP contribution in [0, 0.1) is 11.3 Å². The largest absolute Gasteiger partial charge is 0.494 e. The third-order valence-corrected chi connectivity index (χ3v) is 4.38. The highest BCUT2D eigenvalue weighted by Gasteiger charge is 2.20. The highest BCUT2D eigenvalue weighted by atomic mass is 16.5. The molecule has 5 heteroatoms. The summed E-state index contributed by atoms with van der Waals surface area (Å²) in [5, 5.41) is 12.1. The monoisotopic (exact) mass is 324 g/mol. The zero-order valence-electron chi connectivity index (χ0n) is 13.9. The number of nitriles is 1. The molecule has 2 aromatic rings. The zero-order valence-corrected chi connectivity index (χ0v) is 13.9. The van der Waals surface area contributed by atoms with Crippen LogP contribution < -0.4 is 10.1 Å². The summed E-state index contributed by atoms with van der Waals surface area (Å²) in [4.78, 5) is 4.51. The second-order valence-electron chi connectivity index (χ2n) is 6.21. The van der Waals surface area contributed by atoms with Crippen molar-refractivity contribution in [1.29, 1.82) is 5.26 Å². The van der Waals surface area contributed by atoms with Gasteiger partial charge in [-0.05, 0) is 37.0 Å². The number of nitrogens with zero attached hydrogens (tertiary/aromatic N) is 3. The molecule has 0 aliphatic carbocycles. The summed E-state index contributed by atoms with van der Waals surface area (Å²) in [6.45, 7) is 3.46. The van der Waals surface area contributed by atoms with E-state index in [4.69, 9.17) is 10.00 Å². The first-order chi connectivity index (χ1) is 11.9. The molecule has 0 bridgehead atoms. The second-order valence-corrected chi connectivity index (χ2v) is 6.21. The number of aromatic nitrogens is 2. The van der Waals surface area contributed by atoms with Crippen molar-refractivity contribution in [2.75, 3.05) is 13.2 Å². The van der Waals surface area contributed by atoms with Crippen molar-refractivity contribution in [2.45, 2.75) is 44.7 Å². The lowest BCUT2D eigenvalue weighted by atomic mass is 9.99. The van der Waals surface area contributed by atoms with Crippen LogP contribution in [0.15, 0.2) is 36.7 Å². The normalized spacial score (nSPS) is 16.4. The predicted octanol–water partition coefficient (Wildman–Crippen LogP) is 3.23. The van der Waals surface area contributed by atoms with E-state index < -0.39 is 0 Å². The Morgan fingerprint density at radius 1 is 1.42 bits per heavy atom. The van der Waals surface area contributed by atoms with Gasteiger partial charge in [-0.2, -0.15) is 5.26 Å². The van der Waals surface area contributed by atoms with Crippen molar-refractivity contribution in [2.24, 2.45) is 0 Å². The van der Waals surface area contributed by atoms with E-state index in [1.807, 2.05) is 18.3 Å². The summed E-state index contributed by atoms with van der Waals surface area (Å²) in [6.07, 6.45) is 7.72. The van der Waals surface area contributed by atoms with Gasteiger partial charge in [0.05, 0.1) is 12.7 Å². The summed E-state index contributed by atoms with van der Waals surface area (Å²) >= 11 is 0. The fourth-order valence-corrected chi connectivity index (χ4v) is 3.18. The molecule has 0 spiro atoms. The Balaban J connectivity index is 1.46. The Hall–Kier alpha value is -2.32. The summed E-state index contributed by atoms with van der Waals surface area (Å²) in [5.74, 6) is 2.59. The van der Waals surface area contributed by atoms with Gasteiger partial charge >= 0.3 is 0 Å². The van der Waals surface area contributed by atoms with E-state index in [9.17, 15) is 0 Å². The number of nitrogens with one attached hydrogen (secondary N) is 1. The third kappa shape index (κ3) is 4.36. The first-order valence-corrected chi connectivity index (χ1v) is 8.67. The smallest absolute Gasteiger partial charge is 0.119 e. The Kier molecular flexibility index (Phi) is 5.86. The molecule has 1 aliphatic rings. The minimum Gasteiger partial charge on any atom is -0.494 e. The number of rotatable bonds is 8. The van der Waals surface area contributed by atoms with Crippen LogP contribution in [-0.2, 0) is 13.1 Å². The first-order valence-electron chi connectivity index (χ1n) is 8.67. The number of aryl methyl sites for hydroxylation is 1. The minimum atomic E-state index is 0.499. The van der Waals surface area contributed by atoms with Crippen molar-refractivity contribution in [3.8, 4) is 11.8 Å². The van der Waals surface area contributed by atoms with Gasteiger partial charge in [-0.15, -0.1) is 0 Å². The van der Waals surface area contributed by atoms with E-state index in [1.165, 1.54) is 24.2 Å². The average Bonchev–Trinajstić information content (AvgIpc) is 3.09. The lowest BCUT2D eigenvalue weighted by molar-refractivity contribution is 0.312. The SMILES string of the molecule is N#CCCCOc1cccc(CNC[C@H]2CCCn3ccnc32)c1. The van der Waals surface area contributed by atoms with Gasteiger partial charge in [0.1, 0.15) is 11.6 Å². The van der Waals surface area contributed by atoms with Gasteiger partial charge in [0.25, 0.3) is 0 Å². The molecular weight excluding hydrogens is 300 g/mol. The average molecular weight is 324 g/mol. The van der Waals surface area contributed by atoms with E-state index in [2.05, 4.69) is 39.3 Å². The maximum absolute atomic E-state index is 8.54. The molecule has 1 aromatic carbocycles. The quantitative estimate of drug-likeness (QED) is 0.757. The van der Waals surface area contributed by atoms with Crippen LogP contribution in [-0.4, -0.2) is 22.7 Å². The Morgan fingerprint density at radius 3 is 3.29 bits per heavy atom. The summed E-state index contributed by atoms with van der Waals surface area (Å²) < 4.78 is 7.96. The molecule has 0 amide bonds. The number of hydrogen-bond donors (Lipinski definition) is 1. The number of imidazole rings is 1. The molecular formula is C19H24N4O. The van der Waals surface area contributed by atoms with Gasteiger partial charge in [0, 0.05) is 44.4 Å². The van der Waals surface area contributed by atoms with E-state index in [-0.39, 0.29) is 0 Å². The molecule has 1 aliphatic heterocycles. The molecule has 0 saturated heterocycles. The number of hydrogen-bond acceptors (Lipinski definition) is 4. The van der Waals surface area contributed by atoms with Crippen molar-refractivity contribution in [3.63, 3.8) is 0 Å². The van der Waals surface area contributed by atoms with Crippen LogP contribution in [0.1, 0.15) is 43.0 Å². The molecule has 0 unspecified atom stereocenters. The summed E-state index contributed by atoms with van der Waals surface area (Å²) in [7, 11) is 0. The molecule has 1 atom stereocenters. The van der Waals surface area contributed by atoms with E-state index in [0.717, 1.165) is 31.8 Å². The van der Waals surface area contributed by atoms with Gasteiger partial charge in [-0.3, -0.25) is 0 Å². The maximum atomic E-state index is 8.54. The highest BCUT2D eigenvalue weighted by Crippen LogP contribution is 2.25. The molecule has 1 N–H and O–H groups in total. The number of unbranched alkanes of at least 4 members (excludes halogenated alkanes) is 1. The first kappa shape index (κ1) is 16.5. The zero-order chi connectivity index (χ0) is 16.6. The highest BCUT2D eigenvalue weighted by molar-refractivity contribution is 5.28. The fraction of sp³-hybridized carbons (Fsp3) is 0.474. The molecule has 0 radical (unpaired) electrons. The van der Waals surface area contributed by atoms with Crippen LogP contribution in [0.25, 0.3) is 0 Å². The standard InChI is InChI=1S/C19H24N4O/c20-8-1-2-12-24-18-7-3-5-16(13-18)14-21-15-17-6-4-10-23-11-9-22-19(17)23/h3,5,7,9,11,13,17,21H,1-2,4,6,10,12,14-15H2/t17-/m1/s1. The molecule has 0 fully saturated rings. The van der Waals surface area contributed by atoms with E-state index in [0.29, 0.717) is 18.9 Å².